The number of amides is 1. The van der Waals surface area contributed by atoms with E-state index in [-0.39, 0.29) is 18.3 Å². The topological polar surface area (TPSA) is 58.6 Å². The summed E-state index contributed by atoms with van der Waals surface area (Å²) >= 11 is 0. The van der Waals surface area contributed by atoms with Crippen LogP contribution in [-0.2, 0) is 4.74 Å². The minimum Gasteiger partial charge on any atom is -0.446 e. The molecule has 1 saturated carbocycles. The van der Waals surface area contributed by atoms with E-state index in [1.165, 1.54) is 0 Å². The molecular formula is C11H21NO3. The van der Waals surface area contributed by atoms with Crippen molar-refractivity contribution in [1.29, 1.82) is 0 Å². The molecule has 4 heteroatoms. The van der Waals surface area contributed by atoms with Gasteiger partial charge in [0.1, 0.15) is 6.10 Å². The van der Waals surface area contributed by atoms with Gasteiger partial charge in [0.25, 0.3) is 0 Å². The van der Waals surface area contributed by atoms with Crippen LogP contribution in [0.2, 0.25) is 0 Å². The van der Waals surface area contributed by atoms with Crippen molar-refractivity contribution in [3.8, 4) is 0 Å². The molecule has 0 saturated heterocycles. The third-order valence-corrected chi connectivity index (χ3v) is 3.08. The van der Waals surface area contributed by atoms with Gasteiger partial charge in [-0.3, -0.25) is 0 Å². The maximum Gasteiger partial charge on any atom is 0.407 e. The van der Waals surface area contributed by atoms with Crippen LogP contribution < -0.4 is 5.32 Å². The Bertz CT molecular complexity index is 208. The molecule has 1 fully saturated rings. The van der Waals surface area contributed by atoms with Crippen LogP contribution >= 0.6 is 0 Å². The zero-order chi connectivity index (χ0) is 11.3. The first-order valence-corrected chi connectivity index (χ1v) is 5.70. The van der Waals surface area contributed by atoms with E-state index in [2.05, 4.69) is 12.2 Å². The molecule has 1 aliphatic carbocycles. The fourth-order valence-electron chi connectivity index (χ4n) is 2.00. The fourth-order valence-corrected chi connectivity index (χ4v) is 2.00. The van der Waals surface area contributed by atoms with Gasteiger partial charge in [-0.2, -0.15) is 0 Å². The first-order chi connectivity index (χ1) is 7.13. The Morgan fingerprint density at radius 2 is 2.07 bits per heavy atom. The van der Waals surface area contributed by atoms with Gasteiger partial charge in [-0.05, 0) is 38.0 Å². The lowest BCUT2D eigenvalue weighted by atomic mass is 9.89. The van der Waals surface area contributed by atoms with Gasteiger partial charge in [-0.15, -0.1) is 0 Å². The van der Waals surface area contributed by atoms with E-state index in [0.717, 1.165) is 32.1 Å². The van der Waals surface area contributed by atoms with Crippen LogP contribution in [0.5, 0.6) is 0 Å². The Morgan fingerprint density at radius 1 is 1.33 bits per heavy atom. The minimum atomic E-state index is -0.354. The SMILES string of the molecule is CNC(=O)OC1CCCC(O)CCC1C. The van der Waals surface area contributed by atoms with E-state index in [1.54, 1.807) is 7.05 Å². The molecule has 3 atom stereocenters. The van der Waals surface area contributed by atoms with Crippen LogP contribution in [0.3, 0.4) is 0 Å². The number of aliphatic hydroxyl groups is 1. The smallest absolute Gasteiger partial charge is 0.407 e. The van der Waals surface area contributed by atoms with Gasteiger partial charge in [0.15, 0.2) is 0 Å². The number of alkyl carbamates (subject to hydrolysis) is 1. The predicted octanol–water partition coefficient (Wildman–Crippen LogP) is 1.67. The summed E-state index contributed by atoms with van der Waals surface area (Å²) < 4.78 is 5.29. The van der Waals surface area contributed by atoms with Crippen molar-refractivity contribution < 1.29 is 14.6 Å². The van der Waals surface area contributed by atoms with Gasteiger partial charge in [-0.1, -0.05) is 6.92 Å². The van der Waals surface area contributed by atoms with Gasteiger partial charge in [0.2, 0.25) is 0 Å². The molecule has 88 valence electrons. The second-order valence-corrected chi connectivity index (χ2v) is 4.33. The van der Waals surface area contributed by atoms with Crippen molar-refractivity contribution >= 4 is 6.09 Å². The third kappa shape index (κ3) is 4.08. The number of hydrogen-bond acceptors (Lipinski definition) is 3. The summed E-state index contributed by atoms with van der Waals surface area (Å²) in [6.45, 7) is 2.08. The lowest BCUT2D eigenvalue weighted by molar-refractivity contribution is 0.0373. The van der Waals surface area contributed by atoms with Crippen LogP contribution in [-0.4, -0.2) is 30.5 Å². The normalized spacial score (nSPS) is 32.6. The van der Waals surface area contributed by atoms with Crippen LogP contribution in [0.1, 0.15) is 39.0 Å². The molecule has 0 aromatic rings. The average Bonchev–Trinajstić information content (AvgIpc) is 2.22. The Hall–Kier alpha value is -0.770. The van der Waals surface area contributed by atoms with Crippen LogP contribution in [0.4, 0.5) is 4.79 Å². The Morgan fingerprint density at radius 3 is 2.73 bits per heavy atom. The molecular weight excluding hydrogens is 194 g/mol. The summed E-state index contributed by atoms with van der Waals surface area (Å²) in [4.78, 5) is 11.1. The molecule has 0 heterocycles. The van der Waals surface area contributed by atoms with Crippen molar-refractivity contribution in [2.24, 2.45) is 5.92 Å². The van der Waals surface area contributed by atoms with Crippen molar-refractivity contribution in [3.63, 3.8) is 0 Å². The molecule has 3 unspecified atom stereocenters. The van der Waals surface area contributed by atoms with Crippen molar-refractivity contribution in [1.82, 2.24) is 5.32 Å². The van der Waals surface area contributed by atoms with E-state index in [0.29, 0.717) is 5.92 Å². The fraction of sp³-hybridized carbons (Fsp3) is 0.909. The maximum absolute atomic E-state index is 11.1. The Balaban J connectivity index is 2.44. The molecule has 0 bridgehead atoms. The minimum absolute atomic E-state index is 0.00236. The average molecular weight is 215 g/mol. The van der Waals surface area contributed by atoms with Crippen LogP contribution in [0, 0.1) is 5.92 Å². The highest BCUT2D eigenvalue weighted by atomic mass is 16.6. The summed E-state index contributed by atoms with van der Waals surface area (Å²) in [5.41, 5.74) is 0. The molecule has 15 heavy (non-hydrogen) atoms. The van der Waals surface area contributed by atoms with Crippen LogP contribution in [0.15, 0.2) is 0 Å². The van der Waals surface area contributed by atoms with E-state index in [1.807, 2.05) is 0 Å². The van der Waals surface area contributed by atoms with Crippen molar-refractivity contribution in [2.75, 3.05) is 7.05 Å². The summed E-state index contributed by atoms with van der Waals surface area (Å²) in [7, 11) is 1.57. The molecule has 0 aromatic heterocycles. The van der Waals surface area contributed by atoms with E-state index in [4.69, 9.17) is 4.74 Å². The Kier molecular flexibility index (Phi) is 4.88. The van der Waals surface area contributed by atoms with Gasteiger partial charge < -0.3 is 15.2 Å². The number of carbonyl (C=O) groups excluding carboxylic acids is 1. The first kappa shape index (κ1) is 12.3. The molecule has 1 rings (SSSR count). The van der Waals surface area contributed by atoms with E-state index < -0.39 is 0 Å². The summed E-state index contributed by atoms with van der Waals surface area (Å²) in [5.74, 6) is 0.331. The number of hydrogen-bond donors (Lipinski definition) is 2. The summed E-state index contributed by atoms with van der Waals surface area (Å²) in [6.07, 6.45) is 3.80. The third-order valence-electron chi connectivity index (χ3n) is 3.08. The molecule has 0 spiro atoms. The van der Waals surface area contributed by atoms with E-state index in [9.17, 15) is 9.90 Å². The van der Waals surface area contributed by atoms with Crippen molar-refractivity contribution in [2.45, 2.75) is 51.2 Å². The lowest BCUT2D eigenvalue weighted by Gasteiger charge is -2.27. The molecule has 0 aliphatic heterocycles. The largest absolute Gasteiger partial charge is 0.446 e. The van der Waals surface area contributed by atoms with Gasteiger partial charge in [0, 0.05) is 7.05 Å². The number of rotatable bonds is 1. The Labute approximate surface area is 91.0 Å². The zero-order valence-electron chi connectivity index (χ0n) is 9.53. The first-order valence-electron chi connectivity index (χ1n) is 5.70. The highest BCUT2D eigenvalue weighted by Gasteiger charge is 2.24. The summed E-state index contributed by atoms with van der Waals surface area (Å²) in [6, 6.07) is 0. The number of nitrogens with one attached hydrogen (secondary N) is 1. The maximum atomic E-state index is 11.1. The predicted molar refractivity (Wildman–Crippen MR) is 57.6 cm³/mol. The highest BCUT2D eigenvalue weighted by Crippen LogP contribution is 2.24. The molecule has 1 amide bonds. The molecule has 2 N–H and O–H groups in total. The monoisotopic (exact) mass is 215 g/mol. The molecule has 1 aliphatic rings. The summed E-state index contributed by atoms with van der Waals surface area (Å²) in [5, 5.41) is 12.0. The quantitative estimate of drug-likeness (QED) is 0.699. The van der Waals surface area contributed by atoms with Gasteiger partial charge >= 0.3 is 6.09 Å². The van der Waals surface area contributed by atoms with Gasteiger partial charge in [-0.25, -0.2) is 4.79 Å². The second-order valence-electron chi connectivity index (χ2n) is 4.33. The molecule has 0 aromatic carbocycles. The standard InChI is InChI=1S/C11H21NO3/c1-8-6-7-9(13)4-3-5-10(8)15-11(14)12-2/h8-10,13H,3-7H2,1-2H3,(H,12,14). The van der Waals surface area contributed by atoms with Crippen LogP contribution in [0.25, 0.3) is 0 Å². The lowest BCUT2D eigenvalue weighted by Crippen LogP contribution is -2.32. The molecule has 0 radical (unpaired) electrons. The van der Waals surface area contributed by atoms with E-state index >= 15 is 0 Å². The molecule has 4 nitrogen and oxygen atoms in total. The zero-order valence-corrected chi connectivity index (χ0v) is 9.53. The highest BCUT2D eigenvalue weighted by molar-refractivity contribution is 5.66. The number of carbonyl (C=O) groups is 1. The van der Waals surface area contributed by atoms with Crippen molar-refractivity contribution in [3.05, 3.63) is 0 Å². The number of aliphatic hydroxyl groups excluding tert-OH is 1. The van der Waals surface area contributed by atoms with Gasteiger partial charge in [0.05, 0.1) is 6.10 Å². The number of ether oxygens (including phenoxy) is 1. The second kappa shape index (κ2) is 5.95.